The first kappa shape index (κ1) is 14.8. The minimum atomic E-state index is 0.0294. The summed E-state index contributed by atoms with van der Waals surface area (Å²) < 4.78 is 0. The van der Waals surface area contributed by atoms with Gasteiger partial charge in [0.25, 0.3) is 0 Å². The molecular weight excluding hydrogens is 232 g/mol. The molecule has 0 aromatic rings. The summed E-state index contributed by atoms with van der Waals surface area (Å²) >= 11 is 1.84. The average molecular weight is 258 g/mol. The molecule has 0 aliphatic carbocycles. The number of nitrogens with one attached hydrogen (secondary N) is 1. The van der Waals surface area contributed by atoms with Gasteiger partial charge in [-0.05, 0) is 44.6 Å². The summed E-state index contributed by atoms with van der Waals surface area (Å²) in [6.07, 6.45) is 4.31. The Labute approximate surface area is 110 Å². The molecule has 1 fully saturated rings. The third kappa shape index (κ3) is 3.88. The highest BCUT2D eigenvalue weighted by molar-refractivity contribution is 7.98. The number of hydrogen-bond acceptors (Lipinski definition) is 3. The van der Waals surface area contributed by atoms with Gasteiger partial charge in [-0.2, -0.15) is 11.8 Å². The van der Waals surface area contributed by atoms with Gasteiger partial charge in [0.2, 0.25) is 5.91 Å². The van der Waals surface area contributed by atoms with Crippen LogP contribution in [-0.4, -0.2) is 41.1 Å². The van der Waals surface area contributed by atoms with Gasteiger partial charge in [0.15, 0.2) is 0 Å². The molecule has 0 bridgehead atoms. The SMILES string of the molecule is CSCCC(C)N1C(=O)C(CC(C)C)NC1C. The number of thioether (sulfide) groups is 1. The number of nitrogens with zero attached hydrogens (tertiary/aromatic N) is 1. The second-order valence-corrected chi connectivity index (χ2v) is 6.39. The van der Waals surface area contributed by atoms with Crippen molar-refractivity contribution in [2.45, 2.75) is 58.8 Å². The molecule has 1 N–H and O–H groups in total. The minimum absolute atomic E-state index is 0.0294. The van der Waals surface area contributed by atoms with E-state index < -0.39 is 0 Å². The van der Waals surface area contributed by atoms with E-state index in [-0.39, 0.29) is 12.2 Å². The van der Waals surface area contributed by atoms with Crippen molar-refractivity contribution >= 4 is 17.7 Å². The van der Waals surface area contributed by atoms with Crippen LogP contribution in [0.25, 0.3) is 0 Å². The highest BCUT2D eigenvalue weighted by Crippen LogP contribution is 2.21. The Morgan fingerprint density at radius 1 is 1.41 bits per heavy atom. The summed E-state index contributed by atoms with van der Waals surface area (Å²) in [5.74, 6) is 1.97. The van der Waals surface area contributed by atoms with Crippen molar-refractivity contribution < 1.29 is 4.79 Å². The van der Waals surface area contributed by atoms with Crippen LogP contribution in [0.2, 0.25) is 0 Å². The van der Waals surface area contributed by atoms with E-state index in [1.807, 2.05) is 16.7 Å². The van der Waals surface area contributed by atoms with Gasteiger partial charge in [0.05, 0.1) is 12.2 Å². The van der Waals surface area contributed by atoms with Crippen LogP contribution >= 0.6 is 11.8 Å². The molecule has 0 aromatic heterocycles. The topological polar surface area (TPSA) is 32.3 Å². The van der Waals surface area contributed by atoms with E-state index in [0.717, 1.165) is 18.6 Å². The number of carbonyl (C=O) groups excluding carboxylic acids is 1. The molecule has 0 radical (unpaired) electrons. The van der Waals surface area contributed by atoms with E-state index >= 15 is 0 Å². The van der Waals surface area contributed by atoms with Crippen molar-refractivity contribution in [1.82, 2.24) is 10.2 Å². The minimum Gasteiger partial charge on any atom is -0.323 e. The second-order valence-electron chi connectivity index (χ2n) is 5.40. The Balaban J connectivity index is 2.58. The lowest BCUT2D eigenvalue weighted by atomic mass is 10.0. The zero-order valence-corrected chi connectivity index (χ0v) is 12.5. The first-order valence-corrected chi connectivity index (χ1v) is 7.94. The molecule has 3 atom stereocenters. The predicted octanol–water partition coefficient (Wildman–Crippen LogP) is 2.32. The van der Waals surface area contributed by atoms with E-state index in [2.05, 4.69) is 39.3 Å². The van der Waals surface area contributed by atoms with Crippen LogP contribution in [0.1, 0.15) is 40.5 Å². The van der Waals surface area contributed by atoms with Crippen molar-refractivity contribution in [3.63, 3.8) is 0 Å². The molecule has 0 spiro atoms. The van der Waals surface area contributed by atoms with Gasteiger partial charge in [-0.3, -0.25) is 10.1 Å². The lowest BCUT2D eigenvalue weighted by Gasteiger charge is -2.28. The Morgan fingerprint density at radius 2 is 2.06 bits per heavy atom. The zero-order valence-electron chi connectivity index (χ0n) is 11.7. The van der Waals surface area contributed by atoms with Gasteiger partial charge < -0.3 is 4.90 Å². The summed E-state index contributed by atoms with van der Waals surface area (Å²) in [5.41, 5.74) is 0. The van der Waals surface area contributed by atoms with Gasteiger partial charge in [-0.15, -0.1) is 0 Å². The van der Waals surface area contributed by atoms with E-state index in [9.17, 15) is 4.79 Å². The fraction of sp³-hybridized carbons (Fsp3) is 0.923. The van der Waals surface area contributed by atoms with E-state index in [1.165, 1.54) is 0 Å². The van der Waals surface area contributed by atoms with Gasteiger partial charge in [-0.1, -0.05) is 13.8 Å². The van der Waals surface area contributed by atoms with Crippen LogP contribution in [-0.2, 0) is 4.79 Å². The van der Waals surface area contributed by atoms with Gasteiger partial charge in [-0.25, -0.2) is 0 Å². The van der Waals surface area contributed by atoms with Gasteiger partial charge in [0.1, 0.15) is 0 Å². The van der Waals surface area contributed by atoms with Crippen LogP contribution in [0.3, 0.4) is 0 Å². The number of amides is 1. The fourth-order valence-electron chi connectivity index (χ4n) is 2.48. The Hall–Kier alpha value is -0.220. The summed E-state index contributed by atoms with van der Waals surface area (Å²) in [5, 5.41) is 3.41. The molecule has 1 aliphatic rings. The van der Waals surface area contributed by atoms with Gasteiger partial charge >= 0.3 is 0 Å². The summed E-state index contributed by atoms with van der Waals surface area (Å²) in [4.78, 5) is 14.3. The molecule has 3 unspecified atom stereocenters. The second kappa shape index (κ2) is 6.64. The molecule has 1 amide bonds. The molecule has 0 aromatic carbocycles. The first-order chi connectivity index (χ1) is 7.97. The van der Waals surface area contributed by atoms with Crippen molar-refractivity contribution in [2.75, 3.05) is 12.0 Å². The Bertz CT molecular complexity index is 258. The van der Waals surface area contributed by atoms with Crippen LogP contribution in [0.15, 0.2) is 0 Å². The van der Waals surface area contributed by atoms with E-state index in [1.54, 1.807) is 0 Å². The van der Waals surface area contributed by atoms with Crippen molar-refractivity contribution in [1.29, 1.82) is 0 Å². The van der Waals surface area contributed by atoms with Crippen molar-refractivity contribution in [3.8, 4) is 0 Å². The highest BCUT2D eigenvalue weighted by Gasteiger charge is 2.38. The Morgan fingerprint density at radius 3 is 2.59 bits per heavy atom. The molecule has 1 aliphatic heterocycles. The molecule has 1 heterocycles. The summed E-state index contributed by atoms with van der Waals surface area (Å²) in [6, 6.07) is 0.372. The Kier molecular flexibility index (Phi) is 5.80. The van der Waals surface area contributed by atoms with Gasteiger partial charge in [0, 0.05) is 6.04 Å². The molecule has 1 rings (SSSR count). The molecular formula is C13H26N2OS. The molecule has 1 saturated heterocycles. The lowest BCUT2D eigenvalue weighted by Crippen LogP contribution is -2.41. The monoisotopic (exact) mass is 258 g/mol. The average Bonchev–Trinajstić information content (AvgIpc) is 2.50. The normalized spacial score (nSPS) is 26.9. The number of hydrogen-bond donors (Lipinski definition) is 1. The van der Waals surface area contributed by atoms with Crippen molar-refractivity contribution in [2.24, 2.45) is 5.92 Å². The van der Waals surface area contributed by atoms with E-state index in [0.29, 0.717) is 17.9 Å². The lowest BCUT2D eigenvalue weighted by molar-refractivity contribution is -0.132. The van der Waals surface area contributed by atoms with Crippen LogP contribution < -0.4 is 5.32 Å². The standard InChI is InChI=1S/C13H26N2OS/c1-9(2)8-12-13(16)15(11(4)14-12)10(3)6-7-17-5/h9-12,14H,6-8H2,1-5H3. The van der Waals surface area contributed by atoms with Crippen molar-refractivity contribution in [3.05, 3.63) is 0 Å². The quantitative estimate of drug-likeness (QED) is 0.793. The van der Waals surface area contributed by atoms with Crippen LogP contribution in [0, 0.1) is 5.92 Å². The summed E-state index contributed by atoms with van der Waals surface area (Å²) in [6.45, 7) is 8.58. The molecule has 0 saturated carbocycles. The van der Waals surface area contributed by atoms with Crippen LogP contribution in [0.5, 0.6) is 0 Å². The zero-order chi connectivity index (χ0) is 13.0. The maximum Gasteiger partial charge on any atom is 0.241 e. The smallest absolute Gasteiger partial charge is 0.241 e. The fourth-order valence-corrected chi connectivity index (χ4v) is 3.06. The highest BCUT2D eigenvalue weighted by atomic mass is 32.2. The number of carbonyl (C=O) groups is 1. The third-order valence-corrected chi connectivity index (χ3v) is 3.98. The van der Waals surface area contributed by atoms with E-state index in [4.69, 9.17) is 0 Å². The molecule has 100 valence electrons. The molecule has 3 nitrogen and oxygen atoms in total. The largest absolute Gasteiger partial charge is 0.323 e. The molecule has 17 heavy (non-hydrogen) atoms. The maximum atomic E-state index is 12.3. The summed E-state index contributed by atoms with van der Waals surface area (Å²) in [7, 11) is 0. The third-order valence-electron chi connectivity index (χ3n) is 3.33. The first-order valence-electron chi connectivity index (χ1n) is 6.54. The molecule has 4 heteroatoms. The number of rotatable bonds is 6. The predicted molar refractivity (Wildman–Crippen MR) is 75.1 cm³/mol. The maximum absolute atomic E-state index is 12.3. The van der Waals surface area contributed by atoms with Crippen LogP contribution in [0.4, 0.5) is 0 Å².